The summed E-state index contributed by atoms with van der Waals surface area (Å²) in [4.78, 5) is 2.46. The lowest BCUT2D eigenvalue weighted by Gasteiger charge is -2.30. The van der Waals surface area contributed by atoms with E-state index in [1.807, 2.05) is 12.1 Å². The third-order valence-electron chi connectivity index (χ3n) is 5.50. The van der Waals surface area contributed by atoms with Crippen molar-refractivity contribution < 1.29 is 9.47 Å². The molecule has 3 aromatic rings. The normalized spacial score (nSPS) is 13.8. The van der Waals surface area contributed by atoms with Gasteiger partial charge in [-0.3, -0.25) is 4.90 Å². The maximum atomic E-state index is 6.07. The molecule has 0 spiro atoms. The first-order valence-corrected chi connectivity index (χ1v) is 9.90. The molecule has 0 aliphatic carbocycles. The Balaban J connectivity index is 1.44. The molecule has 0 bridgehead atoms. The number of rotatable bonds is 7. The lowest BCUT2D eigenvalue weighted by molar-refractivity contribution is 0.172. The molecule has 1 aliphatic heterocycles. The van der Waals surface area contributed by atoms with Crippen molar-refractivity contribution in [3.8, 4) is 22.6 Å². The van der Waals surface area contributed by atoms with E-state index in [1.165, 1.54) is 41.8 Å². The van der Waals surface area contributed by atoms with Crippen molar-refractivity contribution in [2.24, 2.45) is 0 Å². The highest BCUT2D eigenvalue weighted by molar-refractivity contribution is 5.69. The second-order valence-electron chi connectivity index (χ2n) is 7.38. The molecule has 0 atom stereocenters. The molecule has 0 aromatic heterocycles. The van der Waals surface area contributed by atoms with Gasteiger partial charge < -0.3 is 9.47 Å². The second kappa shape index (κ2) is 8.49. The van der Waals surface area contributed by atoms with Gasteiger partial charge in [0.15, 0.2) is 0 Å². The molecule has 0 N–H and O–H groups in total. The Morgan fingerprint density at radius 2 is 1.68 bits per heavy atom. The monoisotopic (exact) mass is 373 g/mol. The highest BCUT2D eigenvalue weighted by atomic mass is 16.5. The number of benzene rings is 3. The number of hydrogen-bond donors (Lipinski definition) is 0. The zero-order valence-corrected chi connectivity index (χ0v) is 16.7. The lowest BCUT2D eigenvalue weighted by atomic mass is 9.96. The minimum absolute atomic E-state index is 0.565. The molecule has 0 unspecified atom stereocenters. The van der Waals surface area contributed by atoms with Crippen molar-refractivity contribution in [2.45, 2.75) is 26.5 Å². The van der Waals surface area contributed by atoms with E-state index in [2.05, 4.69) is 66.4 Å². The average Bonchev–Trinajstić information content (AvgIpc) is 2.71. The van der Waals surface area contributed by atoms with Crippen LogP contribution in [0.4, 0.5) is 0 Å². The summed E-state index contributed by atoms with van der Waals surface area (Å²) in [6.45, 7) is 6.21. The third kappa shape index (κ3) is 4.20. The van der Waals surface area contributed by atoms with Gasteiger partial charge in [-0.2, -0.15) is 0 Å². The number of hydrogen-bond acceptors (Lipinski definition) is 3. The maximum Gasteiger partial charge on any atom is 0.119 e. The van der Waals surface area contributed by atoms with Crippen LogP contribution in [0, 0.1) is 6.92 Å². The number of nitrogens with zero attached hydrogens (tertiary/aromatic N) is 1. The van der Waals surface area contributed by atoms with Gasteiger partial charge in [0.2, 0.25) is 0 Å². The van der Waals surface area contributed by atoms with Crippen LogP contribution < -0.4 is 9.47 Å². The van der Waals surface area contributed by atoms with Gasteiger partial charge in [0.05, 0.1) is 7.11 Å². The van der Waals surface area contributed by atoms with E-state index in [1.54, 1.807) is 7.11 Å². The van der Waals surface area contributed by atoms with E-state index in [0.29, 0.717) is 6.61 Å². The van der Waals surface area contributed by atoms with Gasteiger partial charge in [-0.15, -0.1) is 0 Å². The molecule has 1 saturated heterocycles. The van der Waals surface area contributed by atoms with Gasteiger partial charge in [-0.1, -0.05) is 42.5 Å². The second-order valence-corrected chi connectivity index (χ2v) is 7.38. The van der Waals surface area contributed by atoms with Gasteiger partial charge >= 0.3 is 0 Å². The molecule has 144 valence electrons. The number of likely N-dealkylation sites (tertiary alicyclic amines) is 1. The van der Waals surface area contributed by atoms with Crippen molar-refractivity contribution in [2.75, 3.05) is 20.2 Å². The first-order chi connectivity index (χ1) is 13.7. The van der Waals surface area contributed by atoms with E-state index in [0.717, 1.165) is 23.6 Å². The van der Waals surface area contributed by atoms with Gasteiger partial charge in [-0.05, 0) is 78.5 Å². The van der Waals surface area contributed by atoms with E-state index in [-0.39, 0.29) is 0 Å². The highest BCUT2D eigenvalue weighted by Crippen LogP contribution is 2.29. The summed E-state index contributed by atoms with van der Waals surface area (Å²) in [5.41, 5.74) is 6.16. The van der Waals surface area contributed by atoms with Crippen LogP contribution in [-0.2, 0) is 13.2 Å². The molecule has 0 radical (unpaired) electrons. The predicted molar refractivity (Wildman–Crippen MR) is 114 cm³/mol. The minimum Gasteiger partial charge on any atom is -0.497 e. The van der Waals surface area contributed by atoms with Crippen LogP contribution in [0.2, 0.25) is 0 Å². The van der Waals surface area contributed by atoms with Gasteiger partial charge in [0, 0.05) is 6.54 Å². The summed E-state index contributed by atoms with van der Waals surface area (Å²) in [7, 11) is 1.70. The fourth-order valence-corrected chi connectivity index (χ4v) is 3.59. The third-order valence-corrected chi connectivity index (χ3v) is 5.50. The van der Waals surface area contributed by atoms with Crippen LogP contribution in [0.25, 0.3) is 11.1 Å². The Labute approximate surface area is 167 Å². The molecule has 0 amide bonds. The maximum absolute atomic E-state index is 6.07. The zero-order chi connectivity index (χ0) is 19.3. The molecule has 4 rings (SSSR count). The van der Waals surface area contributed by atoms with E-state index < -0.39 is 0 Å². The molecule has 1 heterocycles. The summed E-state index contributed by atoms with van der Waals surface area (Å²) >= 11 is 0. The van der Waals surface area contributed by atoms with Crippen molar-refractivity contribution in [1.82, 2.24) is 4.90 Å². The van der Waals surface area contributed by atoms with E-state index in [9.17, 15) is 0 Å². The molecule has 1 aliphatic rings. The molecule has 3 heteroatoms. The zero-order valence-electron chi connectivity index (χ0n) is 16.7. The molecule has 3 nitrogen and oxygen atoms in total. The topological polar surface area (TPSA) is 21.7 Å². The SMILES string of the molecule is COc1cccc(-c2cccc(COc3ccc(CN4CCC4)cc3)c2C)c1. The summed E-state index contributed by atoms with van der Waals surface area (Å²) < 4.78 is 11.4. The lowest BCUT2D eigenvalue weighted by Crippen LogP contribution is -2.36. The number of ether oxygens (including phenoxy) is 2. The van der Waals surface area contributed by atoms with Crippen molar-refractivity contribution in [1.29, 1.82) is 0 Å². The predicted octanol–water partition coefficient (Wildman–Crippen LogP) is 5.46. The van der Waals surface area contributed by atoms with Crippen molar-refractivity contribution in [3.63, 3.8) is 0 Å². The molecule has 28 heavy (non-hydrogen) atoms. The van der Waals surface area contributed by atoms with Crippen LogP contribution in [0.15, 0.2) is 66.7 Å². The van der Waals surface area contributed by atoms with Crippen LogP contribution in [0.5, 0.6) is 11.5 Å². The Kier molecular flexibility index (Phi) is 5.63. The molecule has 3 aromatic carbocycles. The minimum atomic E-state index is 0.565. The van der Waals surface area contributed by atoms with E-state index in [4.69, 9.17) is 9.47 Å². The van der Waals surface area contributed by atoms with Crippen molar-refractivity contribution >= 4 is 0 Å². The standard InChI is InChI=1S/C25H27NO2/c1-19-22(7-4-9-25(19)21-6-3-8-24(16-21)27-2)18-28-23-12-10-20(11-13-23)17-26-14-5-15-26/h3-4,6-13,16H,5,14-15,17-18H2,1-2H3. The van der Waals surface area contributed by atoms with Crippen LogP contribution >= 0.6 is 0 Å². The quantitative estimate of drug-likeness (QED) is 0.549. The Bertz CT molecular complexity index is 930. The molecular weight excluding hydrogens is 346 g/mol. The summed E-state index contributed by atoms with van der Waals surface area (Å²) in [5, 5.41) is 0. The first kappa shape index (κ1) is 18.6. The summed E-state index contributed by atoms with van der Waals surface area (Å²) in [6, 6.07) is 23.1. The van der Waals surface area contributed by atoms with Gasteiger partial charge in [0.25, 0.3) is 0 Å². The summed E-state index contributed by atoms with van der Waals surface area (Å²) in [5.74, 6) is 1.79. The molecular formula is C25H27NO2. The first-order valence-electron chi connectivity index (χ1n) is 9.90. The van der Waals surface area contributed by atoms with Crippen LogP contribution in [0.1, 0.15) is 23.1 Å². The van der Waals surface area contributed by atoms with Crippen LogP contribution in [0.3, 0.4) is 0 Å². The largest absolute Gasteiger partial charge is 0.497 e. The Hall–Kier alpha value is -2.78. The smallest absolute Gasteiger partial charge is 0.119 e. The summed E-state index contributed by atoms with van der Waals surface area (Å²) in [6.07, 6.45) is 1.33. The van der Waals surface area contributed by atoms with Crippen LogP contribution in [-0.4, -0.2) is 25.1 Å². The van der Waals surface area contributed by atoms with Gasteiger partial charge in [0.1, 0.15) is 18.1 Å². The Morgan fingerprint density at radius 3 is 2.39 bits per heavy atom. The van der Waals surface area contributed by atoms with Crippen molar-refractivity contribution in [3.05, 3.63) is 83.4 Å². The average molecular weight is 373 g/mol. The van der Waals surface area contributed by atoms with Gasteiger partial charge in [-0.25, -0.2) is 0 Å². The fraction of sp³-hybridized carbons (Fsp3) is 0.280. The molecule has 0 saturated carbocycles. The Morgan fingerprint density at radius 1 is 0.893 bits per heavy atom. The molecule has 1 fully saturated rings. The highest BCUT2D eigenvalue weighted by Gasteiger charge is 2.13. The fourth-order valence-electron chi connectivity index (χ4n) is 3.59. The number of methoxy groups -OCH3 is 1. The van der Waals surface area contributed by atoms with E-state index >= 15 is 0 Å².